The van der Waals surface area contributed by atoms with Gasteiger partial charge in [-0.1, -0.05) is 17.7 Å². The molecule has 0 amide bonds. The van der Waals surface area contributed by atoms with Crippen molar-refractivity contribution in [1.82, 2.24) is 15.0 Å². The summed E-state index contributed by atoms with van der Waals surface area (Å²) in [5.41, 5.74) is 1.31. The Morgan fingerprint density at radius 2 is 1.94 bits per heavy atom. The van der Waals surface area contributed by atoms with Gasteiger partial charge < -0.3 is 4.42 Å². The van der Waals surface area contributed by atoms with Crippen molar-refractivity contribution in [3.8, 4) is 23.0 Å². The van der Waals surface area contributed by atoms with Crippen molar-refractivity contribution in [1.29, 1.82) is 0 Å². The first-order valence-electron chi connectivity index (χ1n) is 5.33. The second kappa shape index (κ2) is 4.58. The first kappa shape index (κ1) is 10.9. The van der Waals surface area contributed by atoms with Crippen LogP contribution >= 0.6 is 11.6 Å². The Bertz CT molecular complexity index is 653. The average molecular weight is 258 g/mol. The van der Waals surface area contributed by atoms with Gasteiger partial charge in [0.2, 0.25) is 0 Å². The van der Waals surface area contributed by atoms with Gasteiger partial charge in [-0.15, -0.1) is 0 Å². The molecular formula is C13H8ClN3O. The van der Waals surface area contributed by atoms with E-state index in [2.05, 4.69) is 15.0 Å². The number of hydrogen-bond donors (Lipinski definition) is 0. The molecule has 3 rings (SSSR count). The minimum absolute atomic E-state index is 0.358. The van der Waals surface area contributed by atoms with E-state index in [0.29, 0.717) is 28.1 Å². The third kappa shape index (κ3) is 2.10. The van der Waals surface area contributed by atoms with E-state index in [0.717, 1.165) is 0 Å². The minimum Gasteiger partial charge on any atom is -0.463 e. The van der Waals surface area contributed by atoms with E-state index >= 15 is 0 Å². The van der Waals surface area contributed by atoms with E-state index in [9.17, 15) is 0 Å². The molecule has 0 bridgehead atoms. The zero-order valence-corrected chi connectivity index (χ0v) is 10.0. The van der Waals surface area contributed by atoms with Crippen molar-refractivity contribution in [3.63, 3.8) is 0 Å². The van der Waals surface area contributed by atoms with Crippen LogP contribution in [0.25, 0.3) is 23.0 Å². The van der Waals surface area contributed by atoms with Crippen molar-refractivity contribution in [2.45, 2.75) is 0 Å². The Hall–Kier alpha value is -2.20. The monoisotopic (exact) mass is 257 g/mol. The molecule has 3 aromatic heterocycles. The Balaban J connectivity index is 2.12. The fourth-order valence-electron chi connectivity index (χ4n) is 1.58. The molecule has 0 aliphatic rings. The second-order valence-corrected chi connectivity index (χ2v) is 3.98. The maximum absolute atomic E-state index is 6.00. The van der Waals surface area contributed by atoms with Gasteiger partial charge in [0.15, 0.2) is 11.6 Å². The third-order valence-electron chi connectivity index (χ3n) is 2.36. The van der Waals surface area contributed by atoms with Crippen LogP contribution in [-0.2, 0) is 0 Å². The van der Waals surface area contributed by atoms with Gasteiger partial charge in [0.25, 0.3) is 0 Å². The number of furan rings is 1. The van der Waals surface area contributed by atoms with E-state index in [-0.39, 0.29) is 0 Å². The molecule has 0 fully saturated rings. The first-order valence-corrected chi connectivity index (χ1v) is 5.70. The Morgan fingerprint density at radius 3 is 2.67 bits per heavy atom. The summed E-state index contributed by atoms with van der Waals surface area (Å²) in [4.78, 5) is 12.8. The largest absolute Gasteiger partial charge is 0.463 e. The molecule has 5 heteroatoms. The molecular weight excluding hydrogens is 250 g/mol. The normalized spacial score (nSPS) is 10.5. The zero-order chi connectivity index (χ0) is 12.4. The fraction of sp³-hybridized carbons (Fsp3) is 0. The van der Waals surface area contributed by atoms with E-state index in [4.69, 9.17) is 16.0 Å². The molecule has 0 saturated carbocycles. The first-order chi connectivity index (χ1) is 8.83. The lowest BCUT2D eigenvalue weighted by Gasteiger charge is -2.02. The molecule has 0 spiro atoms. The molecule has 0 atom stereocenters. The Kier molecular flexibility index (Phi) is 2.78. The van der Waals surface area contributed by atoms with E-state index in [1.807, 2.05) is 24.3 Å². The van der Waals surface area contributed by atoms with Crippen LogP contribution in [0.4, 0.5) is 0 Å². The molecule has 0 saturated heterocycles. The maximum atomic E-state index is 6.00. The highest BCUT2D eigenvalue weighted by molar-refractivity contribution is 6.29. The fourth-order valence-corrected chi connectivity index (χ4v) is 1.76. The predicted octanol–water partition coefficient (Wildman–Crippen LogP) is 3.45. The van der Waals surface area contributed by atoms with Crippen LogP contribution < -0.4 is 0 Å². The molecule has 0 aliphatic heterocycles. The molecule has 3 heterocycles. The van der Waals surface area contributed by atoms with Crippen molar-refractivity contribution in [2.75, 3.05) is 0 Å². The summed E-state index contributed by atoms with van der Waals surface area (Å²) in [6.45, 7) is 0. The lowest BCUT2D eigenvalue weighted by molar-refractivity contribution is 0.580. The van der Waals surface area contributed by atoms with Gasteiger partial charge in [-0.05, 0) is 24.3 Å². The van der Waals surface area contributed by atoms with Crippen LogP contribution in [-0.4, -0.2) is 15.0 Å². The molecule has 4 nitrogen and oxygen atoms in total. The Morgan fingerprint density at radius 1 is 1.00 bits per heavy atom. The van der Waals surface area contributed by atoms with E-state index in [1.165, 1.54) is 0 Å². The maximum Gasteiger partial charge on any atom is 0.180 e. The number of halogens is 1. The summed E-state index contributed by atoms with van der Waals surface area (Å²) in [7, 11) is 0. The van der Waals surface area contributed by atoms with Crippen molar-refractivity contribution in [3.05, 3.63) is 54.0 Å². The second-order valence-electron chi connectivity index (χ2n) is 3.59. The topological polar surface area (TPSA) is 51.8 Å². The van der Waals surface area contributed by atoms with Crippen LogP contribution in [0.15, 0.2) is 53.3 Å². The van der Waals surface area contributed by atoms with Crippen LogP contribution in [0.2, 0.25) is 5.15 Å². The van der Waals surface area contributed by atoms with Gasteiger partial charge in [-0.25, -0.2) is 9.97 Å². The van der Waals surface area contributed by atoms with Crippen molar-refractivity contribution < 1.29 is 4.42 Å². The molecule has 88 valence electrons. The Labute approximate surface area is 108 Å². The van der Waals surface area contributed by atoms with Gasteiger partial charge in [0.1, 0.15) is 16.5 Å². The SMILES string of the molecule is Clc1cc(-c2ccco2)nc(-c2ccccn2)n1. The molecule has 0 aliphatic carbocycles. The predicted molar refractivity (Wildman–Crippen MR) is 68.0 cm³/mol. The summed E-state index contributed by atoms with van der Waals surface area (Å²) < 4.78 is 5.30. The minimum atomic E-state index is 0.358. The van der Waals surface area contributed by atoms with Gasteiger partial charge >= 0.3 is 0 Å². The molecule has 18 heavy (non-hydrogen) atoms. The van der Waals surface area contributed by atoms with Gasteiger partial charge in [0, 0.05) is 12.3 Å². The third-order valence-corrected chi connectivity index (χ3v) is 2.56. The molecule has 0 radical (unpaired) electrons. The number of nitrogens with zero attached hydrogens (tertiary/aromatic N) is 3. The highest BCUT2D eigenvalue weighted by Crippen LogP contribution is 2.23. The van der Waals surface area contributed by atoms with E-state index < -0.39 is 0 Å². The number of hydrogen-bond acceptors (Lipinski definition) is 4. The lowest BCUT2D eigenvalue weighted by atomic mass is 10.3. The summed E-state index contributed by atoms with van der Waals surface area (Å²) >= 11 is 6.00. The van der Waals surface area contributed by atoms with Gasteiger partial charge in [0.05, 0.1) is 6.26 Å². The molecule has 0 unspecified atom stereocenters. The standard InChI is InChI=1S/C13H8ClN3O/c14-12-8-10(11-5-3-7-18-11)16-13(17-12)9-4-1-2-6-15-9/h1-8H. The van der Waals surface area contributed by atoms with Gasteiger partial charge in [-0.3, -0.25) is 4.98 Å². The summed E-state index contributed by atoms with van der Waals surface area (Å²) in [6, 6.07) is 10.8. The highest BCUT2D eigenvalue weighted by atomic mass is 35.5. The van der Waals surface area contributed by atoms with Gasteiger partial charge in [-0.2, -0.15) is 0 Å². The number of aromatic nitrogens is 3. The van der Waals surface area contributed by atoms with Crippen molar-refractivity contribution in [2.24, 2.45) is 0 Å². The van der Waals surface area contributed by atoms with Crippen LogP contribution in [0.3, 0.4) is 0 Å². The van der Waals surface area contributed by atoms with E-state index in [1.54, 1.807) is 24.6 Å². The van der Waals surface area contributed by atoms with Crippen LogP contribution in [0.5, 0.6) is 0 Å². The van der Waals surface area contributed by atoms with Crippen molar-refractivity contribution >= 4 is 11.6 Å². The number of rotatable bonds is 2. The molecule has 0 aromatic carbocycles. The zero-order valence-electron chi connectivity index (χ0n) is 9.25. The summed E-state index contributed by atoms with van der Waals surface area (Å²) in [5.74, 6) is 1.13. The summed E-state index contributed by atoms with van der Waals surface area (Å²) in [6.07, 6.45) is 3.28. The highest BCUT2D eigenvalue weighted by Gasteiger charge is 2.09. The molecule has 3 aromatic rings. The number of pyridine rings is 1. The van der Waals surface area contributed by atoms with Crippen LogP contribution in [0.1, 0.15) is 0 Å². The van der Waals surface area contributed by atoms with Crippen LogP contribution in [0, 0.1) is 0 Å². The quantitative estimate of drug-likeness (QED) is 0.660. The smallest absolute Gasteiger partial charge is 0.180 e. The molecule has 0 N–H and O–H groups in total. The summed E-state index contributed by atoms with van der Waals surface area (Å²) in [5, 5.41) is 0.358. The lowest BCUT2D eigenvalue weighted by Crippen LogP contribution is -1.93. The average Bonchev–Trinajstić information content (AvgIpc) is 2.93.